The number of carbonyl (C=O) groups excluding carboxylic acids is 1. The summed E-state index contributed by atoms with van der Waals surface area (Å²) < 4.78 is 22.4. The Kier molecular flexibility index (Phi) is 36.0. The molecule has 2 aliphatic heterocycles. The van der Waals surface area contributed by atoms with Crippen molar-refractivity contribution < 1.29 is 64.6 Å². The highest BCUT2D eigenvalue weighted by Crippen LogP contribution is 2.30. The van der Waals surface area contributed by atoms with E-state index in [0.29, 0.717) is 12.8 Å². The highest BCUT2D eigenvalue weighted by atomic mass is 16.7. The number of hydrogen-bond acceptors (Lipinski definition) is 13. The maximum Gasteiger partial charge on any atom is 0.220 e. The lowest BCUT2D eigenvalue weighted by atomic mass is 9.97. The number of aliphatic hydroxyl groups excluding tert-OH is 8. The summed E-state index contributed by atoms with van der Waals surface area (Å²) >= 11 is 0. The molecule has 2 saturated heterocycles. The van der Waals surface area contributed by atoms with Crippen LogP contribution < -0.4 is 5.32 Å². The molecule has 14 nitrogen and oxygen atoms in total. The monoisotopic (exact) mass is 944 g/mol. The van der Waals surface area contributed by atoms with Crippen molar-refractivity contribution in [2.75, 3.05) is 19.8 Å². The molecule has 0 aromatic rings. The molecule has 14 heteroatoms. The maximum absolute atomic E-state index is 12.5. The predicted octanol–water partition coefficient (Wildman–Crippen LogP) is 7.33. The van der Waals surface area contributed by atoms with Gasteiger partial charge in [0.2, 0.25) is 5.91 Å². The van der Waals surface area contributed by atoms with E-state index in [4.69, 9.17) is 18.9 Å². The van der Waals surface area contributed by atoms with Crippen LogP contribution in [0.2, 0.25) is 0 Å². The van der Waals surface area contributed by atoms with Crippen molar-refractivity contribution in [3.63, 3.8) is 0 Å². The Labute approximate surface area is 398 Å². The van der Waals surface area contributed by atoms with E-state index < -0.39 is 86.8 Å². The first-order chi connectivity index (χ1) is 32.1. The van der Waals surface area contributed by atoms with Gasteiger partial charge in [0, 0.05) is 6.42 Å². The predicted molar refractivity (Wildman–Crippen MR) is 258 cm³/mol. The largest absolute Gasteiger partial charge is 0.394 e. The van der Waals surface area contributed by atoms with Crippen molar-refractivity contribution in [1.29, 1.82) is 0 Å². The summed E-state index contributed by atoms with van der Waals surface area (Å²) in [6.45, 7) is 2.40. The Hall–Kier alpha value is -1.53. The molecule has 0 saturated carbocycles. The maximum atomic E-state index is 12.5. The normalized spacial score (nSPS) is 26.9. The van der Waals surface area contributed by atoms with Crippen LogP contribution in [0.4, 0.5) is 0 Å². The second-order valence-electron chi connectivity index (χ2n) is 19.0. The zero-order valence-corrected chi connectivity index (χ0v) is 41.2. The number of ether oxygens (including phenoxy) is 4. The number of aliphatic hydroxyl groups is 8. The number of allylic oxidation sites excluding steroid dienone is 3. The Morgan fingerprint density at radius 2 is 0.970 bits per heavy atom. The molecular formula is C52H97NO13. The molecule has 0 radical (unpaired) electrons. The topological polar surface area (TPSA) is 228 Å². The van der Waals surface area contributed by atoms with E-state index in [-0.39, 0.29) is 18.9 Å². The van der Waals surface area contributed by atoms with Crippen molar-refractivity contribution in [2.45, 2.75) is 280 Å². The van der Waals surface area contributed by atoms with Crippen LogP contribution in [0.3, 0.4) is 0 Å². The van der Waals surface area contributed by atoms with E-state index in [1.165, 1.54) is 161 Å². The standard InChI is InChI=1S/C52H97NO13/c1-3-5-6-7-8-9-10-11-12-13-14-15-16-17-18-19-20-21-22-23-24-25-26-27-28-29-30-31-32-33-34-36-41(56)40(53-44(57)35-4-2)39-63-51-49(62)47(60)50(43(38-55)65-51)66-52-48(61)46(59)45(58)42(37-54)64-52/h30-31,34,36,40-43,45-52,54-56,58-62H,3-29,32-33,35,37-39H2,1-2H3,(H,53,57)/b31-30+,36-34+. The Morgan fingerprint density at radius 3 is 1.45 bits per heavy atom. The van der Waals surface area contributed by atoms with Gasteiger partial charge < -0.3 is 65.1 Å². The first kappa shape index (κ1) is 60.6. The fraction of sp³-hybridized carbons (Fsp3) is 0.904. The Morgan fingerprint density at radius 1 is 0.530 bits per heavy atom. The van der Waals surface area contributed by atoms with Crippen molar-refractivity contribution >= 4 is 5.91 Å². The number of unbranched alkanes of at least 4 members (excludes halogenated alkanes) is 26. The molecule has 66 heavy (non-hydrogen) atoms. The summed E-state index contributed by atoms with van der Waals surface area (Å²) in [7, 11) is 0. The third-order valence-electron chi connectivity index (χ3n) is 13.1. The number of nitrogens with one attached hydrogen (secondary N) is 1. The average Bonchev–Trinajstić information content (AvgIpc) is 3.31. The third kappa shape index (κ3) is 25.9. The highest BCUT2D eigenvalue weighted by Gasteiger charge is 2.51. The number of rotatable bonds is 41. The molecule has 2 rings (SSSR count). The summed E-state index contributed by atoms with van der Waals surface area (Å²) in [5.41, 5.74) is 0. The van der Waals surface area contributed by atoms with Gasteiger partial charge in [-0.3, -0.25) is 4.79 Å². The van der Waals surface area contributed by atoms with Gasteiger partial charge >= 0.3 is 0 Å². The van der Waals surface area contributed by atoms with Crippen molar-refractivity contribution in [3.8, 4) is 0 Å². The van der Waals surface area contributed by atoms with Crippen LogP contribution in [-0.4, -0.2) is 140 Å². The lowest BCUT2D eigenvalue weighted by Crippen LogP contribution is -2.65. The number of amides is 1. The average molecular weight is 944 g/mol. The van der Waals surface area contributed by atoms with E-state index in [2.05, 4.69) is 24.4 Å². The van der Waals surface area contributed by atoms with Gasteiger partial charge in [-0.15, -0.1) is 0 Å². The highest BCUT2D eigenvalue weighted by molar-refractivity contribution is 5.76. The van der Waals surface area contributed by atoms with Crippen LogP contribution in [0.25, 0.3) is 0 Å². The molecule has 0 aromatic heterocycles. The molecule has 2 aliphatic rings. The minimum atomic E-state index is -1.79. The fourth-order valence-corrected chi connectivity index (χ4v) is 8.82. The number of carbonyl (C=O) groups is 1. The van der Waals surface area contributed by atoms with Crippen LogP contribution in [0.1, 0.15) is 206 Å². The minimum absolute atomic E-state index is 0.224. The van der Waals surface area contributed by atoms with Gasteiger partial charge in [0.25, 0.3) is 0 Å². The molecule has 0 aromatic carbocycles. The molecule has 2 heterocycles. The summed E-state index contributed by atoms with van der Waals surface area (Å²) in [6, 6.07) is -0.923. The minimum Gasteiger partial charge on any atom is -0.394 e. The van der Waals surface area contributed by atoms with Crippen LogP contribution in [0.5, 0.6) is 0 Å². The van der Waals surface area contributed by atoms with Crippen molar-refractivity contribution in [2.24, 2.45) is 0 Å². The molecular weight excluding hydrogens is 847 g/mol. The molecule has 12 unspecified atom stereocenters. The summed E-state index contributed by atoms with van der Waals surface area (Å²) in [5, 5.41) is 85.7. The summed E-state index contributed by atoms with van der Waals surface area (Å²) in [4.78, 5) is 12.5. The smallest absolute Gasteiger partial charge is 0.220 e. The zero-order valence-electron chi connectivity index (χ0n) is 41.2. The lowest BCUT2D eigenvalue weighted by Gasteiger charge is -2.46. The first-order valence-corrected chi connectivity index (χ1v) is 26.6. The van der Waals surface area contributed by atoms with E-state index in [1.54, 1.807) is 6.08 Å². The van der Waals surface area contributed by atoms with Gasteiger partial charge in [0.15, 0.2) is 12.6 Å². The van der Waals surface area contributed by atoms with Gasteiger partial charge in [0.1, 0.15) is 48.8 Å². The second kappa shape index (κ2) is 39.2. The van der Waals surface area contributed by atoms with E-state index in [0.717, 1.165) is 12.8 Å². The second-order valence-corrected chi connectivity index (χ2v) is 19.0. The summed E-state index contributed by atoms with van der Waals surface area (Å²) in [6.07, 6.45) is 28.9. The van der Waals surface area contributed by atoms with Crippen LogP contribution in [0.15, 0.2) is 24.3 Å². The quantitative estimate of drug-likeness (QED) is 0.0216. The van der Waals surface area contributed by atoms with Crippen LogP contribution in [-0.2, 0) is 23.7 Å². The van der Waals surface area contributed by atoms with E-state index in [1.807, 2.05) is 13.0 Å². The molecule has 0 spiro atoms. The van der Waals surface area contributed by atoms with E-state index >= 15 is 0 Å². The van der Waals surface area contributed by atoms with Crippen molar-refractivity contribution in [1.82, 2.24) is 5.32 Å². The number of hydrogen-bond donors (Lipinski definition) is 9. The van der Waals surface area contributed by atoms with Gasteiger partial charge in [-0.2, -0.15) is 0 Å². The molecule has 12 atom stereocenters. The van der Waals surface area contributed by atoms with Crippen LogP contribution >= 0.6 is 0 Å². The van der Waals surface area contributed by atoms with Crippen molar-refractivity contribution in [3.05, 3.63) is 24.3 Å². The summed E-state index contributed by atoms with van der Waals surface area (Å²) in [5.74, 6) is -0.302. The third-order valence-corrected chi connectivity index (χ3v) is 13.1. The van der Waals surface area contributed by atoms with Gasteiger partial charge in [-0.1, -0.05) is 192 Å². The van der Waals surface area contributed by atoms with Crippen LogP contribution in [0, 0.1) is 0 Å². The molecule has 0 bridgehead atoms. The van der Waals surface area contributed by atoms with Gasteiger partial charge in [-0.05, 0) is 32.1 Å². The SMILES string of the molecule is CCCCCCCCCCCCCCCCCCCCCCCCCCC/C=C/CC/C=C/C(O)C(COC1OC(CO)C(OC2OC(CO)C(O)C(O)C2O)C(O)C1O)NC(=O)CCC. The van der Waals surface area contributed by atoms with Gasteiger partial charge in [-0.25, -0.2) is 0 Å². The molecule has 0 aliphatic carbocycles. The molecule has 1 amide bonds. The molecule has 9 N–H and O–H groups in total. The van der Waals surface area contributed by atoms with E-state index in [9.17, 15) is 45.6 Å². The molecule has 388 valence electrons. The van der Waals surface area contributed by atoms with Gasteiger partial charge in [0.05, 0.1) is 32.0 Å². The molecule has 2 fully saturated rings. The lowest BCUT2D eigenvalue weighted by molar-refractivity contribution is -0.359. The zero-order chi connectivity index (χ0) is 48.2. The fourth-order valence-electron chi connectivity index (χ4n) is 8.82. The Bertz CT molecular complexity index is 1210. The Balaban J connectivity index is 1.54. The first-order valence-electron chi connectivity index (χ1n) is 26.6.